The second-order valence-corrected chi connectivity index (χ2v) is 3.14. The van der Waals surface area contributed by atoms with Crippen molar-refractivity contribution in [2.75, 3.05) is 26.3 Å². The van der Waals surface area contributed by atoms with Gasteiger partial charge in [-0.15, -0.1) is 0 Å². The number of aliphatic hydroxyl groups is 2. The van der Waals surface area contributed by atoms with Gasteiger partial charge < -0.3 is 19.8 Å². The average molecular weight is 189 g/mol. The van der Waals surface area contributed by atoms with Crippen LogP contribution >= 0.6 is 0 Å². The number of ether oxygens (including phenoxy) is 1. The molecule has 1 unspecified atom stereocenters. The third-order valence-corrected chi connectivity index (χ3v) is 2.01. The number of morpholine rings is 1. The second kappa shape index (κ2) is 4.55. The number of nitrogens with zero attached hydrogens (tertiary/aromatic N) is 1. The smallest absolute Gasteiger partial charge is 0.251 e. The van der Waals surface area contributed by atoms with Crippen LogP contribution in [0.1, 0.15) is 6.92 Å². The van der Waals surface area contributed by atoms with Gasteiger partial charge >= 0.3 is 0 Å². The molecule has 2 N–H and O–H groups in total. The maximum atomic E-state index is 11.3. The Labute approximate surface area is 76.9 Å². The summed E-state index contributed by atoms with van der Waals surface area (Å²) in [5, 5.41) is 17.8. The minimum atomic E-state index is -0.975. The Morgan fingerprint density at radius 1 is 1.77 bits per heavy atom. The maximum absolute atomic E-state index is 11.3. The van der Waals surface area contributed by atoms with Crippen molar-refractivity contribution < 1.29 is 19.7 Å². The molecule has 0 spiro atoms. The van der Waals surface area contributed by atoms with Gasteiger partial charge in [-0.05, 0) is 6.92 Å². The van der Waals surface area contributed by atoms with Crippen LogP contribution in [0.2, 0.25) is 0 Å². The molecule has 0 aromatic carbocycles. The Balaban J connectivity index is 2.46. The lowest BCUT2D eigenvalue weighted by Crippen LogP contribution is -2.49. The highest BCUT2D eigenvalue weighted by Crippen LogP contribution is 2.06. The monoisotopic (exact) mass is 189 g/mol. The predicted molar refractivity (Wildman–Crippen MR) is 45.1 cm³/mol. The molecule has 5 heteroatoms. The summed E-state index contributed by atoms with van der Waals surface area (Å²) in [5.74, 6) is -0.304. The molecule has 2 atom stereocenters. The van der Waals surface area contributed by atoms with Crippen LogP contribution in [0.15, 0.2) is 0 Å². The molecule has 1 fully saturated rings. The molecule has 1 rings (SSSR count). The summed E-state index contributed by atoms with van der Waals surface area (Å²) in [6, 6.07) is 0. The molecule has 1 saturated heterocycles. The van der Waals surface area contributed by atoms with E-state index in [9.17, 15) is 4.79 Å². The minimum Gasteiger partial charge on any atom is -0.394 e. The summed E-state index contributed by atoms with van der Waals surface area (Å²) in [4.78, 5) is 12.8. The van der Waals surface area contributed by atoms with Crippen molar-refractivity contribution in [3.8, 4) is 0 Å². The van der Waals surface area contributed by atoms with E-state index in [1.807, 2.05) is 0 Å². The zero-order chi connectivity index (χ0) is 9.84. The number of amides is 1. The Morgan fingerprint density at radius 3 is 3.00 bits per heavy atom. The molecule has 1 aliphatic heterocycles. The zero-order valence-corrected chi connectivity index (χ0v) is 7.64. The van der Waals surface area contributed by atoms with Crippen LogP contribution in [0, 0.1) is 0 Å². The fraction of sp³-hybridized carbons (Fsp3) is 0.875. The van der Waals surface area contributed by atoms with E-state index in [-0.39, 0.29) is 18.6 Å². The topological polar surface area (TPSA) is 70.0 Å². The third-order valence-electron chi connectivity index (χ3n) is 2.01. The maximum Gasteiger partial charge on any atom is 0.251 e. The van der Waals surface area contributed by atoms with E-state index in [0.29, 0.717) is 19.7 Å². The van der Waals surface area contributed by atoms with Crippen molar-refractivity contribution in [3.63, 3.8) is 0 Å². The van der Waals surface area contributed by atoms with Crippen molar-refractivity contribution in [2.45, 2.75) is 19.1 Å². The normalized spacial score (nSPS) is 25.8. The van der Waals surface area contributed by atoms with Crippen LogP contribution in [0.3, 0.4) is 0 Å². The first-order valence-electron chi connectivity index (χ1n) is 4.34. The van der Waals surface area contributed by atoms with Gasteiger partial charge in [-0.25, -0.2) is 0 Å². The fourth-order valence-corrected chi connectivity index (χ4v) is 1.29. The number of carbonyl (C=O) groups is 1. The predicted octanol–water partition coefficient (Wildman–Crippen LogP) is -1.41. The van der Waals surface area contributed by atoms with Gasteiger partial charge in [0.25, 0.3) is 5.91 Å². The van der Waals surface area contributed by atoms with Crippen LogP contribution in [-0.2, 0) is 9.53 Å². The molecule has 1 aliphatic rings. The zero-order valence-electron chi connectivity index (χ0n) is 7.64. The highest BCUT2D eigenvalue weighted by molar-refractivity contribution is 5.80. The molecule has 76 valence electrons. The van der Waals surface area contributed by atoms with Gasteiger partial charge in [0.15, 0.2) is 0 Å². The summed E-state index contributed by atoms with van der Waals surface area (Å²) < 4.78 is 5.16. The molecule has 5 nitrogen and oxygen atoms in total. The van der Waals surface area contributed by atoms with E-state index >= 15 is 0 Å². The first-order valence-corrected chi connectivity index (χ1v) is 4.34. The molecular weight excluding hydrogens is 174 g/mol. The molecule has 0 aromatic rings. The lowest BCUT2D eigenvalue weighted by atomic mass is 10.2. The fourth-order valence-electron chi connectivity index (χ4n) is 1.29. The highest BCUT2D eigenvalue weighted by atomic mass is 16.5. The van der Waals surface area contributed by atoms with E-state index in [4.69, 9.17) is 14.9 Å². The van der Waals surface area contributed by atoms with Crippen molar-refractivity contribution in [1.82, 2.24) is 4.90 Å². The summed E-state index contributed by atoms with van der Waals surface area (Å²) in [5.41, 5.74) is 0. The van der Waals surface area contributed by atoms with Crippen molar-refractivity contribution in [2.24, 2.45) is 0 Å². The van der Waals surface area contributed by atoms with E-state index < -0.39 is 6.10 Å². The number of rotatable bonds is 2. The molecular formula is C8H15NO4. The Kier molecular flexibility index (Phi) is 3.65. The Bertz CT molecular complexity index is 183. The average Bonchev–Trinajstić information content (AvgIpc) is 2.16. The molecule has 13 heavy (non-hydrogen) atoms. The lowest BCUT2D eigenvalue weighted by molar-refractivity contribution is -0.148. The van der Waals surface area contributed by atoms with E-state index in [1.165, 1.54) is 11.8 Å². The Hall–Kier alpha value is -0.650. The number of hydrogen-bond acceptors (Lipinski definition) is 4. The standard InChI is InChI=1S/C8H15NO4/c1-6(11)8(12)9-2-3-13-7(4-9)5-10/h6-7,10-11H,2-5H2,1H3/t6-,7?/m1/s1. The Morgan fingerprint density at radius 2 is 2.46 bits per heavy atom. The van der Waals surface area contributed by atoms with E-state index in [1.54, 1.807) is 0 Å². The van der Waals surface area contributed by atoms with Crippen LogP contribution in [0.5, 0.6) is 0 Å². The molecule has 0 aliphatic carbocycles. The first-order chi connectivity index (χ1) is 6.15. The van der Waals surface area contributed by atoms with Gasteiger partial charge in [-0.1, -0.05) is 0 Å². The van der Waals surface area contributed by atoms with E-state index in [2.05, 4.69) is 0 Å². The highest BCUT2D eigenvalue weighted by Gasteiger charge is 2.25. The number of carbonyl (C=O) groups excluding carboxylic acids is 1. The summed E-state index contributed by atoms with van der Waals surface area (Å²) in [6.45, 7) is 2.61. The van der Waals surface area contributed by atoms with Gasteiger partial charge in [0.2, 0.25) is 0 Å². The number of hydrogen-bond donors (Lipinski definition) is 2. The quantitative estimate of drug-likeness (QED) is 0.559. The van der Waals surface area contributed by atoms with Crippen molar-refractivity contribution >= 4 is 5.91 Å². The summed E-state index contributed by atoms with van der Waals surface area (Å²) >= 11 is 0. The van der Waals surface area contributed by atoms with Gasteiger partial charge in [-0.3, -0.25) is 4.79 Å². The van der Waals surface area contributed by atoms with Crippen LogP contribution in [0.25, 0.3) is 0 Å². The largest absolute Gasteiger partial charge is 0.394 e. The van der Waals surface area contributed by atoms with Crippen LogP contribution < -0.4 is 0 Å². The van der Waals surface area contributed by atoms with Gasteiger partial charge in [0.1, 0.15) is 6.10 Å². The minimum absolute atomic E-state index is 0.0937. The summed E-state index contributed by atoms with van der Waals surface area (Å²) in [7, 11) is 0. The molecule has 0 bridgehead atoms. The van der Waals surface area contributed by atoms with Crippen molar-refractivity contribution in [1.29, 1.82) is 0 Å². The number of aliphatic hydroxyl groups excluding tert-OH is 2. The van der Waals surface area contributed by atoms with Crippen LogP contribution in [0.4, 0.5) is 0 Å². The van der Waals surface area contributed by atoms with Crippen LogP contribution in [-0.4, -0.2) is 59.5 Å². The summed E-state index contributed by atoms with van der Waals surface area (Å²) in [6.07, 6.45) is -1.28. The SMILES string of the molecule is C[C@@H](O)C(=O)N1CCOC(CO)C1. The molecule has 0 aromatic heterocycles. The molecule has 0 saturated carbocycles. The first kappa shape index (κ1) is 10.4. The second-order valence-electron chi connectivity index (χ2n) is 3.14. The molecule has 0 radical (unpaired) electrons. The van der Waals surface area contributed by atoms with Gasteiger partial charge in [-0.2, -0.15) is 0 Å². The molecule has 1 amide bonds. The third kappa shape index (κ3) is 2.65. The van der Waals surface area contributed by atoms with Crippen molar-refractivity contribution in [3.05, 3.63) is 0 Å². The lowest BCUT2D eigenvalue weighted by Gasteiger charge is -2.32. The van der Waals surface area contributed by atoms with E-state index in [0.717, 1.165) is 0 Å². The molecule has 1 heterocycles. The van der Waals surface area contributed by atoms with Gasteiger partial charge in [0, 0.05) is 13.1 Å². The van der Waals surface area contributed by atoms with Gasteiger partial charge in [0.05, 0.1) is 19.3 Å².